The van der Waals surface area contributed by atoms with Gasteiger partial charge in [0.2, 0.25) is 11.9 Å². The second-order valence-electron chi connectivity index (χ2n) is 6.82. The van der Waals surface area contributed by atoms with Gasteiger partial charge < -0.3 is 15.4 Å². The molecule has 1 aliphatic carbocycles. The highest BCUT2D eigenvalue weighted by atomic mass is 16.5. The molecule has 0 saturated heterocycles. The predicted octanol–water partition coefficient (Wildman–Crippen LogP) is 2.56. The highest BCUT2D eigenvalue weighted by Gasteiger charge is 2.34. The molecule has 7 heteroatoms. The summed E-state index contributed by atoms with van der Waals surface area (Å²) in [5.41, 5.74) is 0.998. The second kappa shape index (κ2) is 9.97. The third-order valence-electron chi connectivity index (χ3n) is 4.76. The minimum Gasteiger partial charge on any atom is -0.376 e. The summed E-state index contributed by atoms with van der Waals surface area (Å²) in [6, 6.07) is 5.63. The number of anilines is 1. The van der Waals surface area contributed by atoms with Gasteiger partial charge in [-0.1, -0.05) is 13.0 Å². The summed E-state index contributed by atoms with van der Waals surface area (Å²) in [5, 5.41) is 6.39. The maximum absolute atomic E-state index is 12.7. The van der Waals surface area contributed by atoms with Crippen LogP contribution in [0.1, 0.15) is 38.2 Å². The van der Waals surface area contributed by atoms with Crippen molar-refractivity contribution < 1.29 is 9.53 Å². The van der Waals surface area contributed by atoms with Crippen LogP contribution < -0.4 is 10.6 Å². The lowest BCUT2D eigenvalue weighted by Crippen LogP contribution is -2.45. The van der Waals surface area contributed by atoms with E-state index in [0.29, 0.717) is 18.9 Å². The Morgan fingerprint density at radius 2 is 2.07 bits per heavy atom. The highest BCUT2D eigenvalue weighted by Crippen LogP contribution is 2.29. The number of aromatic nitrogens is 3. The van der Waals surface area contributed by atoms with Gasteiger partial charge in [-0.2, -0.15) is 0 Å². The molecular weight excluding hydrogens is 342 g/mol. The maximum Gasteiger partial charge on any atom is 0.223 e. The van der Waals surface area contributed by atoms with Crippen LogP contribution in [0.15, 0.2) is 43.0 Å². The average Bonchev–Trinajstić information content (AvgIpc) is 2.72. The third-order valence-corrected chi connectivity index (χ3v) is 4.76. The number of amides is 1. The van der Waals surface area contributed by atoms with Gasteiger partial charge in [0, 0.05) is 43.9 Å². The normalized spacial score (nSPS) is 22.2. The molecule has 1 fully saturated rings. The van der Waals surface area contributed by atoms with E-state index in [1.807, 2.05) is 12.1 Å². The molecule has 27 heavy (non-hydrogen) atoms. The smallest absolute Gasteiger partial charge is 0.223 e. The van der Waals surface area contributed by atoms with Gasteiger partial charge in [0.1, 0.15) is 0 Å². The number of rotatable bonds is 8. The first-order chi connectivity index (χ1) is 13.3. The monoisotopic (exact) mass is 369 g/mol. The largest absolute Gasteiger partial charge is 0.376 e. The molecule has 3 rings (SSSR count). The Labute approximate surface area is 160 Å². The zero-order chi connectivity index (χ0) is 18.9. The lowest BCUT2D eigenvalue weighted by Gasteiger charge is -2.36. The van der Waals surface area contributed by atoms with E-state index in [1.165, 1.54) is 0 Å². The average molecular weight is 369 g/mol. The molecule has 144 valence electrons. The minimum absolute atomic E-state index is 0.0156. The van der Waals surface area contributed by atoms with Gasteiger partial charge in [-0.05, 0) is 43.4 Å². The summed E-state index contributed by atoms with van der Waals surface area (Å²) in [6.07, 6.45) is 10.3. The van der Waals surface area contributed by atoms with Crippen molar-refractivity contribution in [3.05, 3.63) is 48.5 Å². The Hall–Kier alpha value is -2.54. The summed E-state index contributed by atoms with van der Waals surface area (Å²) in [4.78, 5) is 25.2. The van der Waals surface area contributed by atoms with Crippen molar-refractivity contribution in [1.29, 1.82) is 0 Å². The number of ether oxygens (including phenoxy) is 1. The van der Waals surface area contributed by atoms with E-state index in [9.17, 15) is 4.79 Å². The molecule has 0 radical (unpaired) electrons. The Bertz CT molecular complexity index is 698. The van der Waals surface area contributed by atoms with Gasteiger partial charge in [-0.15, -0.1) is 0 Å². The number of nitrogens with zero attached hydrogens (tertiary/aromatic N) is 3. The molecule has 1 saturated carbocycles. The van der Waals surface area contributed by atoms with Crippen molar-refractivity contribution in [2.75, 3.05) is 11.9 Å². The fourth-order valence-corrected chi connectivity index (χ4v) is 3.38. The molecule has 2 heterocycles. The van der Waals surface area contributed by atoms with Crippen LogP contribution >= 0.6 is 0 Å². The summed E-state index contributed by atoms with van der Waals surface area (Å²) >= 11 is 0. The summed E-state index contributed by atoms with van der Waals surface area (Å²) < 4.78 is 6.02. The van der Waals surface area contributed by atoms with Crippen LogP contribution in [0.2, 0.25) is 0 Å². The summed E-state index contributed by atoms with van der Waals surface area (Å²) in [5.74, 6) is 0.599. The van der Waals surface area contributed by atoms with Crippen LogP contribution in [0.4, 0.5) is 5.95 Å². The van der Waals surface area contributed by atoms with Crippen LogP contribution in [-0.2, 0) is 16.1 Å². The molecule has 0 aliphatic heterocycles. The maximum atomic E-state index is 12.7. The molecule has 7 nitrogen and oxygen atoms in total. The van der Waals surface area contributed by atoms with E-state index < -0.39 is 0 Å². The fraction of sp³-hybridized carbons (Fsp3) is 0.500. The van der Waals surface area contributed by atoms with Gasteiger partial charge in [0.05, 0.1) is 12.1 Å². The van der Waals surface area contributed by atoms with Gasteiger partial charge in [-0.3, -0.25) is 9.78 Å². The molecule has 0 spiro atoms. The Balaban J connectivity index is 1.59. The number of carbonyl (C=O) groups excluding carboxylic acids is 1. The van der Waals surface area contributed by atoms with E-state index in [1.54, 1.807) is 30.9 Å². The van der Waals surface area contributed by atoms with Gasteiger partial charge in [-0.25, -0.2) is 9.97 Å². The van der Waals surface area contributed by atoms with Crippen LogP contribution in [0.5, 0.6) is 0 Å². The van der Waals surface area contributed by atoms with E-state index in [2.05, 4.69) is 32.5 Å². The molecule has 0 unspecified atom stereocenters. The van der Waals surface area contributed by atoms with Crippen LogP contribution in [-0.4, -0.2) is 39.6 Å². The predicted molar refractivity (Wildman–Crippen MR) is 103 cm³/mol. The molecule has 2 aromatic rings. The van der Waals surface area contributed by atoms with E-state index >= 15 is 0 Å². The first kappa shape index (κ1) is 19.2. The number of nitrogens with one attached hydrogen (secondary N) is 2. The van der Waals surface area contributed by atoms with Crippen molar-refractivity contribution in [2.24, 2.45) is 5.92 Å². The van der Waals surface area contributed by atoms with Gasteiger partial charge >= 0.3 is 0 Å². The summed E-state index contributed by atoms with van der Waals surface area (Å²) in [7, 11) is 0. The number of hydrogen-bond acceptors (Lipinski definition) is 6. The zero-order valence-electron chi connectivity index (χ0n) is 15.7. The van der Waals surface area contributed by atoms with Gasteiger partial charge in [0.15, 0.2) is 0 Å². The SMILES string of the molecule is CCCO[C@@H]1CC[C@H](C(=O)NCc2cccnc2)C[C@H]1Nc1ncccn1. The van der Waals surface area contributed by atoms with Crippen molar-refractivity contribution in [2.45, 2.75) is 51.3 Å². The van der Waals surface area contributed by atoms with Crippen LogP contribution in [0.3, 0.4) is 0 Å². The van der Waals surface area contributed by atoms with Crippen LogP contribution in [0, 0.1) is 5.92 Å². The molecule has 2 N–H and O–H groups in total. The van der Waals surface area contributed by atoms with E-state index in [0.717, 1.165) is 31.4 Å². The fourth-order valence-electron chi connectivity index (χ4n) is 3.38. The highest BCUT2D eigenvalue weighted by molar-refractivity contribution is 5.78. The van der Waals surface area contributed by atoms with Crippen molar-refractivity contribution in [3.8, 4) is 0 Å². The minimum atomic E-state index is -0.0515. The van der Waals surface area contributed by atoms with Crippen LogP contribution in [0.25, 0.3) is 0 Å². The van der Waals surface area contributed by atoms with Gasteiger partial charge in [0.25, 0.3) is 0 Å². The zero-order valence-corrected chi connectivity index (χ0v) is 15.7. The Kier molecular flexibility index (Phi) is 7.10. The standard InChI is InChI=1S/C20H27N5O2/c1-2-11-27-18-7-6-16(12-17(18)25-20-22-9-4-10-23-20)19(26)24-14-15-5-3-8-21-13-15/h3-5,8-10,13,16-18H,2,6-7,11-12,14H2,1H3,(H,24,26)(H,22,23,25)/t16-,17+,18+/m0/s1. The Morgan fingerprint density at radius 1 is 1.22 bits per heavy atom. The molecule has 1 amide bonds. The third kappa shape index (κ3) is 5.72. The van der Waals surface area contributed by atoms with Crippen molar-refractivity contribution in [1.82, 2.24) is 20.3 Å². The number of hydrogen-bond donors (Lipinski definition) is 2. The van der Waals surface area contributed by atoms with Crippen molar-refractivity contribution in [3.63, 3.8) is 0 Å². The van der Waals surface area contributed by atoms with E-state index in [-0.39, 0.29) is 24.0 Å². The molecule has 0 bridgehead atoms. The molecular formula is C20H27N5O2. The number of pyridine rings is 1. The molecule has 1 aliphatic rings. The number of carbonyl (C=O) groups is 1. The Morgan fingerprint density at radius 3 is 2.81 bits per heavy atom. The lowest BCUT2D eigenvalue weighted by molar-refractivity contribution is -0.127. The van der Waals surface area contributed by atoms with E-state index in [4.69, 9.17) is 4.74 Å². The van der Waals surface area contributed by atoms with Crippen molar-refractivity contribution >= 4 is 11.9 Å². The molecule has 3 atom stereocenters. The lowest BCUT2D eigenvalue weighted by atomic mass is 9.83. The first-order valence-electron chi connectivity index (χ1n) is 9.58. The second-order valence-corrected chi connectivity index (χ2v) is 6.82. The molecule has 2 aromatic heterocycles. The first-order valence-corrected chi connectivity index (χ1v) is 9.58. The topological polar surface area (TPSA) is 89.0 Å². The quantitative estimate of drug-likeness (QED) is 0.743. The summed E-state index contributed by atoms with van der Waals surface area (Å²) in [6.45, 7) is 3.31. The molecule has 0 aromatic carbocycles.